The second kappa shape index (κ2) is 12.6. The van der Waals surface area contributed by atoms with Crippen molar-refractivity contribution in [3.63, 3.8) is 0 Å². The minimum atomic E-state index is -4.91. The van der Waals surface area contributed by atoms with E-state index in [1.54, 1.807) is 6.92 Å². The highest BCUT2D eigenvalue weighted by atomic mass is 35.5. The van der Waals surface area contributed by atoms with Crippen LogP contribution in [0, 0.1) is 5.41 Å². The molecule has 0 amide bonds. The van der Waals surface area contributed by atoms with Crippen LogP contribution in [0.3, 0.4) is 0 Å². The summed E-state index contributed by atoms with van der Waals surface area (Å²) in [7, 11) is -3.65. The van der Waals surface area contributed by atoms with Crippen molar-refractivity contribution in [2.75, 3.05) is 36.0 Å². The average molecular weight is 668 g/mol. The maximum atomic E-state index is 14.7. The quantitative estimate of drug-likeness (QED) is 0.275. The molecule has 0 aliphatic carbocycles. The standard InChI is InChI=1S/C30H33ClF3N5O5S/c1-2-12-45(42,43)20-5-3-4-18(13-20)22-14-19(31)6-7-21(22)26(30(32,33)34)44-25-15-24(37-28(35)38-25)39-10-8-29(9-11-39)16-23(27(40)41)36-17-29/h3-7,13-15,23,26,36H,2,8-12,16-17H2,1H3,(H,40,41)(H2,35,37,38)/t23-,26+/m0/s1. The van der Waals surface area contributed by atoms with Crippen LogP contribution in [0.5, 0.6) is 5.88 Å². The number of alkyl halides is 3. The van der Waals surface area contributed by atoms with Gasteiger partial charge in [0.05, 0.1) is 10.6 Å². The molecule has 0 unspecified atom stereocenters. The number of aliphatic carboxylic acids is 1. The number of carboxylic acid groups (broad SMARTS) is 1. The molecule has 10 nitrogen and oxygen atoms in total. The fourth-order valence-electron chi connectivity index (χ4n) is 6.01. The predicted molar refractivity (Wildman–Crippen MR) is 163 cm³/mol. The third-order valence-corrected chi connectivity index (χ3v) is 10.5. The molecular formula is C30H33ClF3N5O5S. The number of nitrogens with two attached hydrogens (primary N) is 1. The van der Waals surface area contributed by atoms with Crippen LogP contribution in [0.2, 0.25) is 5.02 Å². The van der Waals surface area contributed by atoms with E-state index < -0.39 is 40.0 Å². The van der Waals surface area contributed by atoms with Crippen molar-refractivity contribution >= 4 is 39.2 Å². The number of anilines is 2. The Balaban J connectivity index is 1.44. The first kappa shape index (κ1) is 32.8. The van der Waals surface area contributed by atoms with Gasteiger partial charge in [-0.2, -0.15) is 23.1 Å². The third kappa shape index (κ3) is 7.28. The van der Waals surface area contributed by atoms with Crippen LogP contribution in [0.4, 0.5) is 24.9 Å². The molecule has 3 heterocycles. The largest absolute Gasteiger partial charge is 0.480 e. The number of piperidine rings is 1. The summed E-state index contributed by atoms with van der Waals surface area (Å²) in [5.74, 6) is -1.38. The van der Waals surface area contributed by atoms with Gasteiger partial charge in [-0.05, 0) is 66.5 Å². The van der Waals surface area contributed by atoms with Crippen molar-refractivity contribution in [2.24, 2.45) is 5.41 Å². The number of rotatable bonds is 9. The van der Waals surface area contributed by atoms with Gasteiger partial charge in [0.25, 0.3) is 0 Å². The van der Waals surface area contributed by atoms with Gasteiger partial charge >= 0.3 is 12.1 Å². The van der Waals surface area contributed by atoms with Gasteiger partial charge in [-0.15, -0.1) is 0 Å². The van der Waals surface area contributed by atoms with E-state index in [2.05, 4.69) is 15.3 Å². The molecule has 0 bridgehead atoms. The second-order valence-corrected chi connectivity index (χ2v) is 14.0. The molecule has 2 aliphatic rings. The summed E-state index contributed by atoms with van der Waals surface area (Å²) in [6, 6.07) is 10.2. The van der Waals surface area contributed by atoms with Crippen LogP contribution >= 0.6 is 11.6 Å². The normalized spacial score (nSPS) is 19.0. The SMILES string of the molecule is CCCS(=O)(=O)c1cccc(-c2cc(Cl)ccc2[C@@H](Oc2cc(N3CCC4(CC3)CN[C@H](C(=O)O)C4)nc(N)n2)C(F)(F)F)c1. The smallest absolute Gasteiger partial charge is 0.429 e. The van der Waals surface area contributed by atoms with Gasteiger partial charge in [0.15, 0.2) is 9.84 Å². The molecule has 45 heavy (non-hydrogen) atoms. The summed E-state index contributed by atoms with van der Waals surface area (Å²) in [4.78, 5) is 21.4. The molecule has 15 heteroatoms. The number of hydrogen-bond donors (Lipinski definition) is 3. The summed E-state index contributed by atoms with van der Waals surface area (Å²) in [6.07, 6.45) is -5.22. The molecule has 1 aromatic heterocycles. The van der Waals surface area contributed by atoms with E-state index >= 15 is 0 Å². The third-order valence-electron chi connectivity index (χ3n) is 8.32. The Morgan fingerprint density at radius 3 is 2.58 bits per heavy atom. The monoisotopic (exact) mass is 667 g/mol. The molecular weight excluding hydrogens is 635 g/mol. The van der Waals surface area contributed by atoms with Crippen molar-refractivity contribution in [1.29, 1.82) is 0 Å². The lowest BCUT2D eigenvalue weighted by atomic mass is 9.76. The number of carboxylic acids is 1. The summed E-state index contributed by atoms with van der Waals surface area (Å²) in [6.45, 7) is 3.27. The van der Waals surface area contributed by atoms with Crippen LogP contribution in [0.1, 0.15) is 44.3 Å². The van der Waals surface area contributed by atoms with E-state index in [9.17, 15) is 31.5 Å². The Labute approximate surface area is 263 Å². The van der Waals surface area contributed by atoms with Crippen molar-refractivity contribution in [3.8, 4) is 17.0 Å². The number of carbonyl (C=O) groups is 1. The summed E-state index contributed by atoms with van der Waals surface area (Å²) in [5, 5.41) is 12.6. The molecule has 242 valence electrons. The Kier molecular flexibility index (Phi) is 9.20. The Hall–Kier alpha value is -3.62. The molecule has 0 saturated carbocycles. The highest BCUT2D eigenvalue weighted by Crippen LogP contribution is 2.43. The minimum absolute atomic E-state index is 0.0133. The molecule has 3 aromatic rings. The number of hydrogen-bond acceptors (Lipinski definition) is 9. The molecule has 5 rings (SSSR count). The second-order valence-electron chi connectivity index (χ2n) is 11.5. The lowest BCUT2D eigenvalue weighted by Gasteiger charge is -2.39. The van der Waals surface area contributed by atoms with Gasteiger partial charge in [-0.3, -0.25) is 4.79 Å². The topological polar surface area (TPSA) is 148 Å². The first-order valence-corrected chi connectivity index (χ1v) is 16.4. The van der Waals surface area contributed by atoms with Crippen LogP contribution in [-0.2, 0) is 14.6 Å². The van der Waals surface area contributed by atoms with E-state index in [0.29, 0.717) is 51.1 Å². The molecule has 2 aromatic carbocycles. The van der Waals surface area contributed by atoms with Gasteiger partial charge in [0, 0.05) is 36.3 Å². The Bertz CT molecular complexity index is 1680. The van der Waals surface area contributed by atoms with Crippen molar-refractivity contribution < 1.29 is 36.2 Å². The molecule has 1 spiro atoms. The van der Waals surface area contributed by atoms with Crippen LogP contribution < -0.4 is 20.7 Å². The van der Waals surface area contributed by atoms with Gasteiger partial charge in [0.1, 0.15) is 11.9 Å². The minimum Gasteiger partial charge on any atom is -0.480 e. The number of ether oxygens (including phenoxy) is 1. The Morgan fingerprint density at radius 2 is 1.93 bits per heavy atom. The lowest BCUT2D eigenvalue weighted by Crippen LogP contribution is -2.41. The van der Waals surface area contributed by atoms with E-state index in [1.807, 2.05) is 4.90 Å². The predicted octanol–water partition coefficient (Wildman–Crippen LogP) is 5.28. The zero-order valence-corrected chi connectivity index (χ0v) is 25.9. The summed E-state index contributed by atoms with van der Waals surface area (Å²) in [5.41, 5.74) is 5.71. The van der Waals surface area contributed by atoms with Crippen molar-refractivity contribution in [3.05, 3.63) is 59.1 Å². The molecule has 2 aliphatic heterocycles. The van der Waals surface area contributed by atoms with Gasteiger partial charge < -0.3 is 25.8 Å². The Morgan fingerprint density at radius 1 is 1.20 bits per heavy atom. The number of nitrogens with zero attached hydrogens (tertiary/aromatic N) is 3. The fraction of sp³-hybridized carbons (Fsp3) is 0.433. The first-order valence-electron chi connectivity index (χ1n) is 14.4. The average Bonchev–Trinajstić information content (AvgIpc) is 3.39. The van der Waals surface area contributed by atoms with Gasteiger partial charge in [-0.1, -0.05) is 36.7 Å². The van der Waals surface area contributed by atoms with Crippen LogP contribution in [-0.4, -0.2) is 67.1 Å². The molecule has 0 radical (unpaired) electrons. The lowest BCUT2D eigenvalue weighted by molar-refractivity contribution is -0.198. The van der Waals surface area contributed by atoms with Crippen molar-refractivity contribution in [1.82, 2.24) is 15.3 Å². The summed E-state index contributed by atoms with van der Waals surface area (Å²) >= 11 is 6.21. The number of sulfone groups is 1. The molecule has 2 atom stereocenters. The number of halogens is 4. The van der Waals surface area contributed by atoms with E-state index in [0.717, 1.165) is 0 Å². The maximum absolute atomic E-state index is 14.7. The van der Waals surface area contributed by atoms with E-state index in [4.69, 9.17) is 22.1 Å². The zero-order chi connectivity index (χ0) is 32.6. The number of aromatic nitrogens is 2. The number of benzene rings is 2. The molecule has 2 fully saturated rings. The highest BCUT2D eigenvalue weighted by Gasteiger charge is 2.46. The number of nitrogen functional groups attached to an aromatic ring is 1. The van der Waals surface area contributed by atoms with Crippen LogP contribution in [0.25, 0.3) is 11.1 Å². The van der Waals surface area contributed by atoms with Crippen LogP contribution in [0.15, 0.2) is 53.4 Å². The van der Waals surface area contributed by atoms with Crippen molar-refractivity contribution in [2.45, 2.75) is 55.8 Å². The van der Waals surface area contributed by atoms with E-state index in [-0.39, 0.29) is 43.7 Å². The highest BCUT2D eigenvalue weighted by molar-refractivity contribution is 7.91. The summed E-state index contributed by atoms with van der Waals surface area (Å²) < 4.78 is 75.0. The molecule has 4 N–H and O–H groups in total. The zero-order valence-electron chi connectivity index (χ0n) is 24.3. The van der Waals surface area contributed by atoms with E-state index in [1.165, 1.54) is 48.5 Å². The number of nitrogens with one attached hydrogen (secondary N) is 1. The van der Waals surface area contributed by atoms with Gasteiger partial charge in [0.2, 0.25) is 17.9 Å². The fourth-order valence-corrected chi connectivity index (χ4v) is 7.55. The van der Waals surface area contributed by atoms with Gasteiger partial charge in [-0.25, -0.2) is 8.42 Å². The maximum Gasteiger partial charge on any atom is 0.429 e. The molecule has 2 saturated heterocycles. The first-order chi connectivity index (χ1) is 21.2.